The maximum Gasteiger partial charge on any atom is 0.329 e. The van der Waals surface area contributed by atoms with E-state index in [-0.39, 0.29) is 12.2 Å². The number of aromatic nitrogens is 3. The van der Waals surface area contributed by atoms with Gasteiger partial charge in [0.05, 0.1) is 6.21 Å². The summed E-state index contributed by atoms with van der Waals surface area (Å²) in [4.78, 5) is 0. The predicted molar refractivity (Wildman–Crippen MR) is 79.1 cm³/mol. The quantitative estimate of drug-likeness (QED) is 0.653. The van der Waals surface area contributed by atoms with E-state index >= 15 is 0 Å². The van der Waals surface area contributed by atoms with E-state index in [0.717, 1.165) is 11.4 Å². The summed E-state index contributed by atoms with van der Waals surface area (Å²) in [6.45, 7) is 3.86. The van der Waals surface area contributed by atoms with Gasteiger partial charge in [-0.3, -0.25) is 0 Å². The number of benzene rings is 1. The average molecular weight is 289 g/mol. The molecule has 6 nitrogen and oxygen atoms in total. The number of hydrogen-bond donors (Lipinski definition) is 1. The molecule has 0 aliphatic rings. The molecule has 0 saturated heterocycles. The summed E-state index contributed by atoms with van der Waals surface area (Å²) in [7, 11) is 3.29. The van der Waals surface area contributed by atoms with E-state index in [9.17, 15) is 0 Å². The SMILES string of the molecule is CO[C@@H](C)c1n[nH]c([C@H](C)OC)[n+]1N=Cc1ccccc1. The molecule has 0 radical (unpaired) electrons. The number of H-pyrrole nitrogens is 1. The largest absolute Gasteiger partial charge is 0.371 e. The standard InChI is InChI=1S/C15H20N4O2/c1-11(20-3)14-17-18-15(12(2)21-4)19(14)16-10-13-8-6-5-7-9-13/h5-12H,1-4H3/p+1/t11-,12-/m0/s1. The number of hydrogen-bond acceptors (Lipinski definition) is 4. The van der Waals surface area contributed by atoms with Crippen molar-refractivity contribution >= 4 is 6.21 Å². The second-order valence-electron chi connectivity index (χ2n) is 4.69. The molecule has 21 heavy (non-hydrogen) atoms. The van der Waals surface area contributed by atoms with Crippen molar-refractivity contribution < 1.29 is 14.1 Å². The van der Waals surface area contributed by atoms with E-state index in [4.69, 9.17) is 9.47 Å². The normalized spacial score (nSPS) is 14.5. The highest BCUT2D eigenvalue weighted by atomic mass is 16.5. The van der Waals surface area contributed by atoms with Crippen LogP contribution in [0.15, 0.2) is 35.4 Å². The smallest absolute Gasteiger partial charge is 0.329 e. The monoisotopic (exact) mass is 289 g/mol. The lowest BCUT2D eigenvalue weighted by Gasteiger charge is -2.06. The minimum absolute atomic E-state index is 0.150. The summed E-state index contributed by atoms with van der Waals surface area (Å²) in [5.74, 6) is 1.46. The topological polar surface area (TPSA) is 63.4 Å². The van der Waals surface area contributed by atoms with Crippen LogP contribution in [0.5, 0.6) is 0 Å². The summed E-state index contributed by atoms with van der Waals surface area (Å²) in [6, 6.07) is 9.89. The van der Waals surface area contributed by atoms with Crippen LogP contribution in [0.3, 0.4) is 0 Å². The van der Waals surface area contributed by atoms with Crippen molar-refractivity contribution in [2.75, 3.05) is 14.2 Å². The first-order valence-corrected chi connectivity index (χ1v) is 6.82. The molecule has 112 valence electrons. The molecule has 2 rings (SSSR count). The molecule has 0 saturated carbocycles. The van der Waals surface area contributed by atoms with Gasteiger partial charge in [0.15, 0.2) is 0 Å². The number of methoxy groups -OCH3 is 2. The third kappa shape index (κ3) is 3.53. The van der Waals surface area contributed by atoms with Crippen LogP contribution < -0.4 is 4.68 Å². The van der Waals surface area contributed by atoms with Crippen LogP contribution in [0, 0.1) is 0 Å². The van der Waals surface area contributed by atoms with Crippen LogP contribution in [0.25, 0.3) is 0 Å². The molecule has 0 unspecified atom stereocenters. The van der Waals surface area contributed by atoms with Gasteiger partial charge in [-0.1, -0.05) is 35.0 Å². The number of ether oxygens (including phenoxy) is 2. The van der Waals surface area contributed by atoms with Crippen molar-refractivity contribution in [2.45, 2.75) is 26.1 Å². The second-order valence-corrected chi connectivity index (χ2v) is 4.69. The van der Waals surface area contributed by atoms with Crippen LogP contribution >= 0.6 is 0 Å². The fraction of sp³-hybridized carbons (Fsp3) is 0.400. The summed E-state index contributed by atoms with van der Waals surface area (Å²) in [5.41, 5.74) is 1.01. The zero-order valence-electron chi connectivity index (χ0n) is 12.8. The van der Waals surface area contributed by atoms with Crippen LogP contribution in [0.2, 0.25) is 0 Å². The molecule has 0 amide bonds. The van der Waals surface area contributed by atoms with Crippen molar-refractivity contribution in [3.63, 3.8) is 0 Å². The fourth-order valence-corrected chi connectivity index (χ4v) is 1.86. The molecule has 1 N–H and O–H groups in total. The molecule has 0 aliphatic carbocycles. The highest BCUT2D eigenvalue weighted by Crippen LogP contribution is 2.14. The minimum atomic E-state index is -0.174. The summed E-state index contributed by atoms with van der Waals surface area (Å²) >= 11 is 0. The van der Waals surface area contributed by atoms with Gasteiger partial charge in [0.2, 0.25) is 0 Å². The van der Waals surface area contributed by atoms with Gasteiger partial charge in [0, 0.05) is 19.3 Å². The third-order valence-electron chi connectivity index (χ3n) is 3.31. The van der Waals surface area contributed by atoms with Gasteiger partial charge in [-0.15, -0.1) is 10.2 Å². The molecule has 0 aliphatic heterocycles. The van der Waals surface area contributed by atoms with Crippen LogP contribution in [-0.2, 0) is 9.47 Å². The molecular formula is C15H21N4O2+. The molecule has 1 aromatic carbocycles. The highest BCUT2D eigenvalue weighted by Gasteiger charge is 2.28. The van der Waals surface area contributed by atoms with Crippen molar-refractivity contribution in [1.29, 1.82) is 0 Å². The van der Waals surface area contributed by atoms with Crippen molar-refractivity contribution in [3.8, 4) is 0 Å². The zero-order chi connectivity index (χ0) is 15.2. The van der Waals surface area contributed by atoms with E-state index in [2.05, 4.69) is 15.3 Å². The van der Waals surface area contributed by atoms with Crippen molar-refractivity contribution in [2.24, 2.45) is 5.10 Å². The fourth-order valence-electron chi connectivity index (χ4n) is 1.86. The van der Waals surface area contributed by atoms with E-state index < -0.39 is 0 Å². The first-order chi connectivity index (χ1) is 10.2. The molecule has 2 aromatic rings. The van der Waals surface area contributed by atoms with E-state index in [0.29, 0.717) is 5.82 Å². The Labute approximate surface area is 124 Å². The first kappa shape index (κ1) is 15.3. The Hall–Kier alpha value is -2.05. The number of aromatic amines is 1. The lowest BCUT2D eigenvalue weighted by molar-refractivity contribution is -0.700. The molecule has 6 heteroatoms. The molecular weight excluding hydrogens is 268 g/mol. The molecule has 1 aromatic heterocycles. The number of rotatable bonds is 6. The predicted octanol–water partition coefficient (Wildman–Crippen LogP) is 1.99. The van der Waals surface area contributed by atoms with Gasteiger partial charge < -0.3 is 9.47 Å². The maximum atomic E-state index is 5.35. The molecule has 2 atom stereocenters. The van der Waals surface area contributed by atoms with Crippen LogP contribution in [0.4, 0.5) is 0 Å². The Kier molecular flexibility index (Phi) is 5.19. The van der Waals surface area contributed by atoms with E-state index in [1.54, 1.807) is 25.1 Å². The van der Waals surface area contributed by atoms with Gasteiger partial charge in [-0.25, -0.2) is 0 Å². The molecule has 1 heterocycles. The Morgan fingerprint density at radius 1 is 1.14 bits per heavy atom. The number of nitrogens with one attached hydrogen (secondary N) is 1. The van der Waals surface area contributed by atoms with E-state index in [1.165, 1.54) is 0 Å². The average Bonchev–Trinajstić information content (AvgIpc) is 2.96. The summed E-state index contributed by atoms with van der Waals surface area (Å²) in [6.07, 6.45) is 1.46. The molecule has 0 fully saturated rings. The van der Waals surface area contributed by atoms with Gasteiger partial charge in [-0.05, 0) is 19.4 Å². The lowest BCUT2D eigenvalue weighted by atomic mass is 10.2. The summed E-state index contributed by atoms with van der Waals surface area (Å²) < 4.78 is 12.4. The van der Waals surface area contributed by atoms with Gasteiger partial charge in [-0.2, -0.15) is 0 Å². The van der Waals surface area contributed by atoms with Crippen LogP contribution in [0.1, 0.15) is 43.3 Å². The van der Waals surface area contributed by atoms with Gasteiger partial charge >= 0.3 is 5.82 Å². The Morgan fingerprint density at radius 2 is 1.81 bits per heavy atom. The molecule has 0 bridgehead atoms. The molecule has 0 spiro atoms. The zero-order valence-corrected chi connectivity index (χ0v) is 12.8. The highest BCUT2D eigenvalue weighted by molar-refractivity contribution is 5.78. The van der Waals surface area contributed by atoms with Gasteiger partial charge in [0.1, 0.15) is 12.2 Å². The van der Waals surface area contributed by atoms with Gasteiger partial charge in [0.25, 0.3) is 5.82 Å². The van der Waals surface area contributed by atoms with Crippen molar-refractivity contribution in [3.05, 3.63) is 47.5 Å². The lowest BCUT2D eigenvalue weighted by Crippen LogP contribution is -2.38. The Morgan fingerprint density at radius 3 is 2.43 bits per heavy atom. The third-order valence-corrected chi connectivity index (χ3v) is 3.31. The maximum absolute atomic E-state index is 5.35. The first-order valence-electron chi connectivity index (χ1n) is 6.82. The van der Waals surface area contributed by atoms with E-state index in [1.807, 2.05) is 44.2 Å². The Balaban J connectivity index is 2.39. The Bertz CT molecular complexity index is 567. The number of nitrogens with zero attached hydrogens (tertiary/aromatic N) is 3. The summed E-state index contributed by atoms with van der Waals surface area (Å²) in [5, 5.41) is 11.8. The minimum Gasteiger partial charge on any atom is -0.371 e. The van der Waals surface area contributed by atoms with Crippen molar-refractivity contribution in [1.82, 2.24) is 10.2 Å². The van der Waals surface area contributed by atoms with Crippen LogP contribution in [-0.4, -0.2) is 30.6 Å². The second kappa shape index (κ2) is 7.10.